The summed E-state index contributed by atoms with van der Waals surface area (Å²) in [6.07, 6.45) is 1.58. The number of carbonyl (C=O) groups excluding carboxylic acids is 2. The Morgan fingerprint density at radius 1 is 1.08 bits per heavy atom. The first-order valence-corrected chi connectivity index (χ1v) is 8.13. The minimum atomic E-state index is -1.07. The van der Waals surface area contributed by atoms with E-state index in [4.69, 9.17) is 5.73 Å². The minimum absolute atomic E-state index is 0.00602. The molecule has 2 aromatic carbocycles. The quantitative estimate of drug-likeness (QED) is 0.682. The summed E-state index contributed by atoms with van der Waals surface area (Å²) < 4.78 is 26.2. The molecule has 0 aliphatic carbocycles. The van der Waals surface area contributed by atoms with Crippen LogP contribution in [0, 0.1) is 11.6 Å². The Balaban J connectivity index is 1.68. The van der Waals surface area contributed by atoms with E-state index in [9.17, 15) is 18.4 Å². The van der Waals surface area contributed by atoms with Gasteiger partial charge >= 0.3 is 0 Å². The zero-order chi connectivity index (χ0) is 18.0. The van der Waals surface area contributed by atoms with Crippen molar-refractivity contribution in [1.82, 2.24) is 0 Å². The Labute approximate surface area is 144 Å². The highest BCUT2D eigenvalue weighted by atomic mass is 19.2. The van der Waals surface area contributed by atoms with Crippen LogP contribution in [0.3, 0.4) is 0 Å². The van der Waals surface area contributed by atoms with Crippen molar-refractivity contribution in [1.29, 1.82) is 0 Å². The number of nitrogens with zero attached hydrogens (tertiary/aromatic N) is 1. The highest BCUT2D eigenvalue weighted by Crippen LogP contribution is 2.31. The van der Waals surface area contributed by atoms with Crippen LogP contribution in [0.2, 0.25) is 0 Å². The Hall–Kier alpha value is -2.76. The van der Waals surface area contributed by atoms with Crippen molar-refractivity contribution < 1.29 is 18.4 Å². The monoisotopic (exact) mass is 344 g/mol. The van der Waals surface area contributed by atoms with Gasteiger partial charge in [0.2, 0.25) is 5.91 Å². The van der Waals surface area contributed by atoms with Gasteiger partial charge in [-0.2, -0.15) is 0 Å². The number of carbonyl (C=O) groups is 2. The molecular formula is C19H18F2N2O2. The van der Waals surface area contributed by atoms with Gasteiger partial charge in [-0.05, 0) is 48.7 Å². The van der Waals surface area contributed by atoms with Crippen LogP contribution >= 0.6 is 0 Å². The lowest BCUT2D eigenvalue weighted by Gasteiger charge is -2.30. The van der Waals surface area contributed by atoms with Crippen molar-refractivity contribution in [2.24, 2.45) is 0 Å². The van der Waals surface area contributed by atoms with E-state index < -0.39 is 17.4 Å². The molecule has 0 spiro atoms. The molecular weight excluding hydrogens is 326 g/mol. The average Bonchev–Trinajstić information content (AvgIpc) is 2.61. The molecule has 0 saturated heterocycles. The van der Waals surface area contributed by atoms with E-state index in [0.717, 1.165) is 36.2 Å². The molecule has 0 saturated carbocycles. The first-order valence-electron chi connectivity index (χ1n) is 8.13. The minimum Gasteiger partial charge on any atom is -0.398 e. The van der Waals surface area contributed by atoms with Gasteiger partial charge in [-0.3, -0.25) is 9.59 Å². The van der Waals surface area contributed by atoms with Crippen LogP contribution in [0.5, 0.6) is 0 Å². The average molecular weight is 344 g/mol. The van der Waals surface area contributed by atoms with Crippen LogP contribution in [0.1, 0.15) is 35.2 Å². The van der Waals surface area contributed by atoms with E-state index >= 15 is 0 Å². The molecule has 0 fully saturated rings. The van der Waals surface area contributed by atoms with Gasteiger partial charge in [0.05, 0.1) is 0 Å². The number of ketones is 1. The number of Topliss-reactive ketones (excluding diaryl/α,β-unsaturated/α-hetero) is 1. The second-order valence-corrected chi connectivity index (χ2v) is 6.05. The van der Waals surface area contributed by atoms with Gasteiger partial charge in [0.25, 0.3) is 0 Å². The normalized spacial score (nSPS) is 13.4. The lowest BCUT2D eigenvalue weighted by molar-refractivity contribution is -0.118. The molecule has 1 aliphatic heterocycles. The molecule has 0 bridgehead atoms. The van der Waals surface area contributed by atoms with E-state index in [1.807, 2.05) is 6.07 Å². The number of hydrogen-bond acceptors (Lipinski definition) is 3. The van der Waals surface area contributed by atoms with Crippen molar-refractivity contribution in [2.45, 2.75) is 25.7 Å². The van der Waals surface area contributed by atoms with Gasteiger partial charge in [-0.25, -0.2) is 8.78 Å². The third-order valence-corrected chi connectivity index (χ3v) is 4.40. The molecule has 1 amide bonds. The van der Waals surface area contributed by atoms with Crippen LogP contribution < -0.4 is 10.6 Å². The molecule has 6 heteroatoms. The molecule has 0 unspecified atom stereocenters. The topological polar surface area (TPSA) is 63.4 Å². The zero-order valence-corrected chi connectivity index (χ0v) is 13.6. The number of nitrogen functional groups attached to an aromatic ring is 1. The van der Waals surface area contributed by atoms with E-state index in [1.165, 1.54) is 6.07 Å². The molecule has 0 atom stereocenters. The second kappa shape index (κ2) is 7.01. The Bertz CT molecular complexity index is 836. The molecule has 130 valence electrons. The molecule has 3 rings (SSSR count). The van der Waals surface area contributed by atoms with Crippen LogP contribution in [0.4, 0.5) is 20.2 Å². The molecule has 2 aromatic rings. The molecule has 0 aromatic heterocycles. The summed E-state index contributed by atoms with van der Waals surface area (Å²) >= 11 is 0. The van der Waals surface area contributed by atoms with Gasteiger partial charge in [0.1, 0.15) is 0 Å². The number of halogens is 2. The van der Waals surface area contributed by atoms with Gasteiger partial charge in [0.15, 0.2) is 17.4 Å². The summed E-state index contributed by atoms with van der Waals surface area (Å²) in [4.78, 5) is 26.3. The summed E-state index contributed by atoms with van der Waals surface area (Å²) in [5.74, 6) is -2.65. The number of nitrogens with two attached hydrogens (primary N) is 1. The third-order valence-electron chi connectivity index (χ3n) is 4.40. The fraction of sp³-hybridized carbons (Fsp3) is 0.263. The second-order valence-electron chi connectivity index (χ2n) is 6.05. The Morgan fingerprint density at radius 3 is 2.64 bits per heavy atom. The number of fused-ring (bicyclic) bond motifs is 1. The van der Waals surface area contributed by atoms with Gasteiger partial charge in [-0.15, -0.1) is 0 Å². The highest BCUT2D eigenvalue weighted by Gasteiger charge is 2.24. The van der Waals surface area contributed by atoms with Crippen molar-refractivity contribution in [2.75, 3.05) is 17.2 Å². The first-order chi connectivity index (χ1) is 12.0. The van der Waals surface area contributed by atoms with E-state index in [-0.39, 0.29) is 24.3 Å². The Kier molecular flexibility index (Phi) is 4.79. The maximum absolute atomic E-state index is 13.2. The lowest BCUT2D eigenvalue weighted by atomic mass is 9.99. The first kappa shape index (κ1) is 17.1. The summed E-state index contributed by atoms with van der Waals surface area (Å²) in [6.45, 7) is 0.578. The molecule has 0 radical (unpaired) electrons. The van der Waals surface area contributed by atoms with Crippen LogP contribution in [-0.4, -0.2) is 18.2 Å². The molecule has 1 aliphatic rings. The highest BCUT2D eigenvalue weighted by molar-refractivity contribution is 6.01. The standard InChI is InChI=1S/C19H18F2N2O2/c20-14-7-6-12(11-15(14)21)18(24)8-9-19(25)23-10-2-3-13-16(22)4-1-5-17(13)23/h1,4-7,11H,2-3,8-10,22H2. The fourth-order valence-corrected chi connectivity index (χ4v) is 3.08. The maximum Gasteiger partial charge on any atom is 0.227 e. The molecule has 25 heavy (non-hydrogen) atoms. The number of hydrogen-bond donors (Lipinski definition) is 1. The smallest absolute Gasteiger partial charge is 0.227 e. The van der Waals surface area contributed by atoms with Crippen LogP contribution in [0.25, 0.3) is 0 Å². The van der Waals surface area contributed by atoms with Gasteiger partial charge in [0, 0.05) is 36.3 Å². The van der Waals surface area contributed by atoms with Crippen molar-refractivity contribution in [3.8, 4) is 0 Å². The SMILES string of the molecule is Nc1cccc2c1CCCN2C(=O)CCC(=O)c1ccc(F)c(F)c1. The molecule has 2 N–H and O–H groups in total. The van der Waals surface area contributed by atoms with E-state index in [2.05, 4.69) is 0 Å². The number of amides is 1. The predicted molar refractivity (Wildman–Crippen MR) is 91.5 cm³/mol. The largest absolute Gasteiger partial charge is 0.398 e. The predicted octanol–water partition coefficient (Wildman–Crippen LogP) is 3.49. The zero-order valence-electron chi connectivity index (χ0n) is 13.6. The van der Waals surface area contributed by atoms with Gasteiger partial charge in [-0.1, -0.05) is 6.07 Å². The molecule has 4 nitrogen and oxygen atoms in total. The van der Waals surface area contributed by atoms with Gasteiger partial charge < -0.3 is 10.6 Å². The third kappa shape index (κ3) is 3.52. The summed E-state index contributed by atoms with van der Waals surface area (Å²) in [5, 5.41) is 0. The van der Waals surface area contributed by atoms with Crippen molar-refractivity contribution >= 4 is 23.1 Å². The fourth-order valence-electron chi connectivity index (χ4n) is 3.08. The summed E-state index contributed by atoms with van der Waals surface area (Å²) in [7, 11) is 0. The van der Waals surface area contributed by atoms with Crippen LogP contribution in [-0.2, 0) is 11.2 Å². The maximum atomic E-state index is 13.2. The van der Waals surface area contributed by atoms with Crippen molar-refractivity contribution in [3.63, 3.8) is 0 Å². The number of benzene rings is 2. The van der Waals surface area contributed by atoms with Crippen LogP contribution in [0.15, 0.2) is 36.4 Å². The molecule has 1 heterocycles. The Morgan fingerprint density at radius 2 is 1.88 bits per heavy atom. The summed E-state index contributed by atoms with van der Waals surface area (Å²) in [6, 6.07) is 8.45. The van der Waals surface area contributed by atoms with Crippen molar-refractivity contribution in [3.05, 3.63) is 59.2 Å². The number of anilines is 2. The summed E-state index contributed by atoms with van der Waals surface area (Å²) in [5.41, 5.74) is 8.44. The van der Waals surface area contributed by atoms with E-state index in [1.54, 1.807) is 17.0 Å². The number of rotatable bonds is 4. The van der Waals surface area contributed by atoms with E-state index in [0.29, 0.717) is 12.2 Å². The lowest BCUT2D eigenvalue weighted by Crippen LogP contribution is -2.35.